The molecule has 8 nitrogen and oxygen atoms in total. The lowest BCUT2D eigenvalue weighted by molar-refractivity contribution is -0.304. The van der Waals surface area contributed by atoms with Crippen LogP contribution in [0.2, 0.25) is 0 Å². The number of rotatable bonds is 7. The Bertz CT molecular complexity index is 705. The summed E-state index contributed by atoms with van der Waals surface area (Å²) in [5, 5.41) is 23.3. The molecular formula is C14H15N4O4S2-. The summed E-state index contributed by atoms with van der Waals surface area (Å²) in [6.45, 7) is 1.75. The predicted octanol–water partition coefficient (Wildman–Crippen LogP) is 1.81. The number of urea groups is 1. The molecule has 1 atom stereocenters. The molecule has 0 spiro atoms. The largest absolute Gasteiger partial charge is 0.549 e. The second-order valence-corrected chi connectivity index (χ2v) is 6.94. The summed E-state index contributed by atoms with van der Waals surface area (Å²) < 4.78 is 5.49. The molecule has 0 saturated carbocycles. The van der Waals surface area contributed by atoms with Gasteiger partial charge in [-0.3, -0.25) is 5.32 Å². The van der Waals surface area contributed by atoms with Gasteiger partial charge in [0.05, 0.1) is 18.3 Å². The van der Waals surface area contributed by atoms with Crippen molar-refractivity contribution in [3.8, 4) is 5.75 Å². The fourth-order valence-corrected chi connectivity index (χ4v) is 3.51. The number of hydrogen-bond donors (Lipinski definition) is 2. The molecule has 0 unspecified atom stereocenters. The van der Waals surface area contributed by atoms with Gasteiger partial charge < -0.3 is 20.0 Å². The van der Waals surface area contributed by atoms with Gasteiger partial charge in [-0.05, 0) is 30.7 Å². The van der Waals surface area contributed by atoms with E-state index in [-0.39, 0.29) is 5.13 Å². The van der Waals surface area contributed by atoms with E-state index in [1.807, 2.05) is 0 Å². The molecule has 1 aromatic heterocycles. The number of hydrogen-bond acceptors (Lipinski definition) is 8. The van der Waals surface area contributed by atoms with E-state index in [2.05, 4.69) is 20.8 Å². The fraction of sp³-hybridized carbons (Fsp3) is 0.286. The van der Waals surface area contributed by atoms with Crippen molar-refractivity contribution in [2.45, 2.75) is 22.9 Å². The molecule has 2 aromatic rings. The Labute approximate surface area is 146 Å². The molecular weight excluding hydrogens is 352 g/mol. The molecule has 128 valence electrons. The smallest absolute Gasteiger partial charge is 0.325 e. The highest BCUT2D eigenvalue weighted by molar-refractivity contribution is 8.02. The fourth-order valence-electron chi connectivity index (χ4n) is 1.66. The molecule has 24 heavy (non-hydrogen) atoms. The van der Waals surface area contributed by atoms with E-state index < -0.39 is 17.3 Å². The van der Waals surface area contributed by atoms with Crippen molar-refractivity contribution < 1.29 is 19.4 Å². The molecule has 2 rings (SSSR count). The minimum absolute atomic E-state index is 0.275. The number of thioether (sulfide) groups is 1. The first-order chi connectivity index (χ1) is 11.5. The molecule has 0 aliphatic carbocycles. The van der Waals surface area contributed by atoms with Gasteiger partial charge in [0.2, 0.25) is 5.13 Å². The second-order valence-electron chi connectivity index (χ2n) is 4.51. The number of carbonyl (C=O) groups excluding carboxylic acids is 2. The molecule has 0 saturated heterocycles. The van der Waals surface area contributed by atoms with Crippen LogP contribution in [0.15, 0.2) is 28.6 Å². The highest BCUT2D eigenvalue weighted by atomic mass is 32.2. The third kappa shape index (κ3) is 5.10. The molecule has 1 aromatic carbocycles. The molecule has 1 heterocycles. The quantitative estimate of drug-likeness (QED) is 0.566. The van der Waals surface area contributed by atoms with Crippen LogP contribution in [0, 0.1) is 0 Å². The number of nitrogens with zero attached hydrogens (tertiary/aromatic N) is 2. The number of nitrogens with one attached hydrogen (secondary N) is 2. The van der Waals surface area contributed by atoms with Gasteiger partial charge in [0.25, 0.3) is 0 Å². The number of amides is 2. The van der Waals surface area contributed by atoms with Crippen molar-refractivity contribution in [1.82, 2.24) is 10.2 Å². The van der Waals surface area contributed by atoms with E-state index in [0.29, 0.717) is 22.2 Å². The summed E-state index contributed by atoms with van der Waals surface area (Å²) in [4.78, 5) is 22.8. The minimum atomic E-state index is -1.15. The van der Waals surface area contributed by atoms with Gasteiger partial charge in [-0.1, -0.05) is 30.0 Å². The summed E-state index contributed by atoms with van der Waals surface area (Å²) >= 11 is 2.15. The Morgan fingerprint density at radius 2 is 2.00 bits per heavy atom. The Morgan fingerprint density at radius 3 is 2.58 bits per heavy atom. The van der Waals surface area contributed by atoms with Crippen LogP contribution >= 0.6 is 23.1 Å². The maximum atomic E-state index is 11.9. The highest BCUT2D eigenvalue weighted by Gasteiger charge is 2.14. The number of aromatic nitrogens is 2. The number of benzene rings is 1. The van der Waals surface area contributed by atoms with Gasteiger partial charge >= 0.3 is 6.03 Å². The summed E-state index contributed by atoms with van der Waals surface area (Å²) in [6, 6.07) is 6.37. The third-order valence-electron chi connectivity index (χ3n) is 2.85. The lowest BCUT2D eigenvalue weighted by atomic mass is 10.3. The lowest BCUT2D eigenvalue weighted by Gasteiger charge is -2.12. The summed E-state index contributed by atoms with van der Waals surface area (Å²) in [6.07, 6.45) is 0.410. The normalized spacial score (nSPS) is 11.6. The highest BCUT2D eigenvalue weighted by Crippen LogP contribution is 2.30. The van der Waals surface area contributed by atoms with Gasteiger partial charge in [-0.25, -0.2) is 4.79 Å². The molecule has 0 aliphatic rings. The zero-order chi connectivity index (χ0) is 17.5. The van der Waals surface area contributed by atoms with Gasteiger partial charge in [0, 0.05) is 5.69 Å². The van der Waals surface area contributed by atoms with E-state index in [9.17, 15) is 14.7 Å². The van der Waals surface area contributed by atoms with E-state index in [1.165, 1.54) is 0 Å². The first-order valence-electron chi connectivity index (χ1n) is 6.95. The molecule has 2 N–H and O–H groups in total. The zero-order valence-electron chi connectivity index (χ0n) is 12.9. The minimum Gasteiger partial charge on any atom is -0.549 e. The summed E-state index contributed by atoms with van der Waals surface area (Å²) in [5.74, 6) is -0.463. The molecule has 0 bridgehead atoms. The number of aliphatic carboxylic acids is 1. The maximum Gasteiger partial charge on any atom is 0.325 e. The Hall–Kier alpha value is -2.33. The van der Waals surface area contributed by atoms with E-state index in [0.717, 1.165) is 23.1 Å². The number of carboxylic acid groups (broad SMARTS) is 1. The van der Waals surface area contributed by atoms with Crippen molar-refractivity contribution in [1.29, 1.82) is 0 Å². The van der Waals surface area contributed by atoms with Gasteiger partial charge in [0.1, 0.15) is 5.75 Å². The van der Waals surface area contributed by atoms with Crippen molar-refractivity contribution in [2.24, 2.45) is 0 Å². The second kappa shape index (κ2) is 8.50. The lowest BCUT2D eigenvalue weighted by Crippen LogP contribution is -2.32. The van der Waals surface area contributed by atoms with Crippen LogP contribution in [0.5, 0.6) is 5.75 Å². The van der Waals surface area contributed by atoms with Crippen LogP contribution in [0.3, 0.4) is 0 Å². The van der Waals surface area contributed by atoms with Crippen LogP contribution in [0.1, 0.15) is 13.3 Å². The first-order valence-corrected chi connectivity index (χ1v) is 8.64. The molecule has 0 fully saturated rings. The molecule has 2 amide bonds. The molecule has 0 radical (unpaired) electrons. The number of anilines is 2. The van der Waals surface area contributed by atoms with Crippen LogP contribution in [0.4, 0.5) is 15.6 Å². The zero-order valence-corrected chi connectivity index (χ0v) is 14.6. The van der Waals surface area contributed by atoms with Gasteiger partial charge in [0.15, 0.2) is 4.34 Å². The number of carboxylic acids is 1. The molecule has 0 aliphatic heterocycles. The van der Waals surface area contributed by atoms with Crippen LogP contribution in [-0.4, -0.2) is 34.6 Å². The number of ether oxygens (including phenoxy) is 1. The SMILES string of the molecule is CC[C@H](Sc1nnc(NC(=O)Nc2ccc(OC)cc2)s1)C(=O)[O-]. The average Bonchev–Trinajstić information content (AvgIpc) is 3.00. The van der Waals surface area contributed by atoms with Crippen molar-refractivity contribution in [2.75, 3.05) is 17.7 Å². The Kier molecular flexibility index (Phi) is 6.38. The van der Waals surface area contributed by atoms with Crippen molar-refractivity contribution in [3.05, 3.63) is 24.3 Å². The monoisotopic (exact) mass is 367 g/mol. The molecule has 10 heteroatoms. The van der Waals surface area contributed by atoms with Crippen LogP contribution in [-0.2, 0) is 4.79 Å². The Morgan fingerprint density at radius 1 is 1.29 bits per heavy atom. The van der Waals surface area contributed by atoms with Gasteiger partial charge in [-0.2, -0.15) is 0 Å². The topological polar surface area (TPSA) is 116 Å². The van der Waals surface area contributed by atoms with E-state index >= 15 is 0 Å². The van der Waals surface area contributed by atoms with Crippen LogP contribution in [0.25, 0.3) is 0 Å². The van der Waals surface area contributed by atoms with Crippen molar-refractivity contribution >= 4 is 45.9 Å². The van der Waals surface area contributed by atoms with Crippen LogP contribution < -0.4 is 20.5 Å². The first kappa shape index (κ1) is 18.0. The maximum absolute atomic E-state index is 11.9. The number of carbonyl (C=O) groups is 2. The third-order valence-corrected chi connectivity index (χ3v) is 5.12. The average molecular weight is 367 g/mol. The number of methoxy groups -OCH3 is 1. The van der Waals surface area contributed by atoms with Gasteiger partial charge in [-0.15, -0.1) is 10.2 Å². The predicted molar refractivity (Wildman–Crippen MR) is 90.5 cm³/mol. The Balaban J connectivity index is 1.91. The van der Waals surface area contributed by atoms with E-state index in [4.69, 9.17) is 4.74 Å². The standard InChI is InChI=1S/C14H16N4O4S2/c1-3-10(11(19)20)23-14-18-17-13(24-14)16-12(21)15-8-4-6-9(22-2)7-5-8/h4-7,10H,3H2,1-2H3,(H,19,20)(H2,15,16,17,21)/p-1/t10-/m0/s1. The summed E-state index contributed by atoms with van der Waals surface area (Å²) in [5.41, 5.74) is 0.593. The summed E-state index contributed by atoms with van der Waals surface area (Å²) in [7, 11) is 1.56. The van der Waals surface area contributed by atoms with E-state index in [1.54, 1.807) is 38.3 Å². The van der Waals surface area contributed by atoms with Crippen molar-refractivity contribution in [3.63, 3.8) is 0 Å².